The lowest BCUT2D eigenvalue weighted by Crippen LogP contribution is -2.38. The minimum Gasteiger partial charge on any atom is -0.504 e. The summed E-state index contributed by atoms with van der Waals surface area (Å²) in [5.74, 6) is 4.16. The number of phenolic OH excluding ortho intramolecular Hbond substituents is 1. The number of ether oxygens (including phenoxy) is 1. The number of halogens is 1. The monoisotopic (exact) mass is 361 g/mol. The van der Waals surface area contributed by atoms with Gasteiger partial charge in [-0.2, -0.15) is 0 Å². The van der Waals surface area contributed by atoms with Gasteiger partial charge in [0.05, 0.1) is 7.11 Å². The van der Waals surface area contributed by atoms with Crippen LogP contribution in [-0.2, 0) is 4.79 Å². The molecule has 0 atom stereocenters. The highest BCUT2D eigenvalue weighted by atomic mass is 35.5. The van der Waals surface area contributed by atoms with E-state index in [1.54, 1.807) is 18.2 Å². The van der Waals surface area contributed by atoms with Crippen molar-refractivity contribution < 1.29 is 19.4 Å². The van der Waals surface area contributed by atoms with E-state index in [-0.39, 0.29) is 17.2 Å². The Balaban J connectivity index is 2.31. The molecular weight excluding hydrogens is 346 g/mol. The fourth-order valence-corrected chi connectivity index (χ4v) is 2.11. The molecule has 0 fully saturated rings. The average molecular weight is 362 g/mol. The first-order valence-corrected chi connectivity index (χ1v) is 7.49. The second-order valence-corrected chi connectivity index (χ2v) is 5.36. The van der Waals surface area contributed by atoms with E-state index in [9.17, 15) is 14.7 Å². The molecule has 25 heavy (non-hydrogen) atoms. The van der Waals surface area contributed by atoms with Gasteiger partial charge in [-0.15, -0.1) is 0 Å². The SMILES string of the molecule is COc1cc(/C=C(/NC(=O)c2ccc(Cl)cc2)C(=O)NN)ccc1O. The number of amides is 2. The van der Waals surface area contributed by atoms with Gasteiger partial charge in [-0.05, 0) is 48.0 Å². The van der Waals surface area contributed by atoms with Gasteiger partial charge >= 0.3 is 0 Å². The Morgan fingerprint density at radius 1 is 1.20 bits per heavy atom. The number of aromatic hydroxyl groups is 1. The highest BCUT2D eigenvalue weighted by molar-refractivity contribution is 6.30. The molecule has 0 unspecified atom stereocenters. The molecule has 0 aliphatic rings. The van der Waals surface area contributed by atoms with Gasteiger partial charge in [-0.25, -0.2) is 5.84 Å². The zero-order valence-corrected chi connectivity index (χ0v) is 14.0. The highest BCUT2D eigenvalue weighted by Crippen LogP contribution is 2.27. The largest absolute Gasteiger partial charge is 0.504 e. The summed E-state index contributed by atoms with van der Waals surface area (Å²) in [4.78, 5) is 24.2. The Morgan fingerprint density at radius 2 is 1.88 bits per heavy atom. The molecule has 0 saturated carbocycles. The maximum Gasteiger partial charge on any atom is 0.281 e. The lowest BCUT2D eigenvalue weighted by atomic mass is 10.1. The molecule has 5 N–H and O–H groups in total. The number of carbonyl (C=O) groups excluding carboxylic acids is 2. The Labute approximate surface area is 149 Å². The number of rotatable bonds is 5. The number of phenols is 1. The zero-order valence-electron chi connectivity index (χ0n) is 13.2. The summed E-state index contributed by atoms with van der Waals surface area (Å²) in [5.41, 5.74) is 2.73. The third-order valence-electron chi connectivity index (χ3n) is 3.25. The molecular formula is C17H16ClN3O4. The van der Waals surface area contributed by atoms with E-state index in [1.807, 2.05) is 5.43 Å². The first-order chi connectivity index (χ1) is 11.9. The minimum atomic E-state index is -0.686. The molecule has 0 bridgehead atoms. The quantitative estimate of drug-likeness (QED) is 0.281. The Bertz CT molecular complexity index is 819. The lowest BCUT2D eigenvalue weighted by Gasteiger charge is -2.10. The number of nitrogens with one attached hydrogen (secondary N) is 2. The van der Waals surface area contributed by atoms with Crippen molar-refractivity contribution in [3.8, 4) is 11.5 Å². The van der Waals surface area contributed by atoms with Crippen LogP contribution in [0.25, 0.3) is 6.08 Å². The Kier molecular flexibility index (Phi) is 5.99. The van der Waals surface area contributed by atoms with Crippen LogP contribution in [-0.4, -0.2) is 24.0 Å². The molecule has 0 spiro atoms. The molecule has 2 aromatic carbocycles. The van der Waals surface area contributed by atoms with E-state index < -0.39 is 11.8 Å². The predicted octanol–water partition coefficient (Wildman–Crippen LogP) is 1.81. The van der Waals surface area contributed by atoms with Gasteiger partial charge < -0.3 is 15.2 Å². The number of hydrogen-bond acceptors (Lipinski definition) is 5. The Morgan fingerprint density at radius 3 is 2.48 bits per heavy atom. The molecule has 0 saturated heterocycles. The van der Waals surface area contributed by atoms with Crippen molar-refractivity contribution in [2.45, 2.75) is 0 Å². The minimum absolute atomic E-state index is 0.0466. The lowest BCUT2D eigenvalue weighted by molar-refractivity contribution is -0.117. The molecule has 0 heterocycles. The van der Waals surface area contributed by atoms with Crippen LogP contribution < -0.4 is 21.3 Å². The van der Waals surface area contributed by atoms with E-state index in [4.69, 9.17) is 22.2 Å². The first-order valence-electron chi connectivity index (χ1n) is 7.11. The number of benzene rings is 2. The predicted molar refractivity (Wildman–Crippen MR) is 93.9 cm³/mol. The molecule has 2 rings (SSSR count). The molecule has 0 radical (unpaired) electrons. The number of nitrogens with two attached hydrogens (primary N) is 1. The average Bonchev–Trinajstić information content (AvgIpc) is 2.62. The van der Waals surface area contributed by atoms with Crippen LogP contribution in [0.1, 0.15) is 15.9 Å². The van der Waals surface area contributed by atoms with Crippen molar-refractivity contribution in [3.05, 3.63) is 64.3 Å². The zero-order chi connectivity index (χ0) is 18.4. The summed E-state index contributed by atoms with van der Waals surface area (Å²) in [5, 5.41) is 12.6. The van der Waals surface area contributed by atoms with Gasteiger partial charge in [0.1, 0.15) is 5.70 Å². The molecule has 2 aromatic rings. The van der Waals surface area contributed by atoms with Crippen LogP contribution >= 0.6 is 11.6 Å². The summed E-state index contributed by atoms with van der Waals surface area (Å²) >= 11 is 5.79. The molecule has 0 aromatic heterocycles. The van der Waals surface area contributed by atoms with Crippen LogP contribution in [0.15, 0.2) is 48.2 Å². The second-order valence-electron chi connectivity index (χ2n) is 4.92. The van der Waals surface area contributed by atoms with Gasteiger partial charge in [0.2, 0.25) is 0 Å². The molecule has 7 nitrogen and oxygen atoms in total. The molecule has 2 amide bonds. The molecule has 8 heteroatoms. The van der Waals surface area contributed by atoms with E-state index in [1.165, 1.54) is 37.5 Å². The number of carbonyl (C=O) groups is 2. The van der Waals surface area contributed by atoms with Crippen molar-refractivity contribution in [1.82, 2.24) is 10.7 Å². The topological polar surface area (TPSA) is 114 Å². The highest BCUT2D eigenvalue weighted by Gasteiger charge is 2.14. The van der Waals surface area contributed by atoms with Gasteiger partial charge in [0, 0.05) is 10.6 Å². The van der Waals surface area contributed by atoms with Gasteiger partial charge in [-0.3, -0.25) is 15.0 Å². The van der Waals surface area contributed by atoms with Gasteiger partial charge in [0.15, 0.2) is 11.5 Å². The van der Waals surface area contributed by atoms with Crippen molar-refractivity contribution in [1.29, 1.82) is 0 Å². The first kappa shape index (κ1) is 18.3. The fourth-order valence-electron chi connectivity index (χ4n) is 1.98. The maximum absolute atomic E-state index is 12.3. The van der Waals surface area contributed by atoms with E-state index >= 15 is 0 Å². The Hall–Kier alpha value is -3.03. The molecule has 0 aliphatic heterocycles. The second kappa shape index (κ2) is 8.18. The van der Waals surface area contributed by atoms with Crippen molar-refractivity contribution in [3.63, 3.8) is 0 Å². The van der Waals surface area contributed by atoms with Crippen LogP contribution in [0.2, 0.25) is 5.02 Å². The van der Waals surface area contributed by atoms with Crippen LogP contribution in [0, 0.1) is 0 Å². The number of hydrazine groups is 1. The third-order valence-corrected chi connectivity index (χ3v) is 3.50. The fraction of sp³-hybridized carbons (Fsp3) is 0.0588. The standard InChI is InChI=1S/C17H16ClN3O4/c1-25-15-9-10(2-7-14(15)22)8-13(17(24)21-19)20-16(23)11-3-5-12(18)6-4-11/h2-9,22H,19H2,1H3,(H,20,23)(H,21,24)/b13-8+. The third kappa shape index (κ3) is 4.72. The summed E-state index contributed by atoms with van der Waals surface area (Å²) in [6, 6.07) is 10.6. The summed E-state index contributed by atoms with van der Waals surface area (Å²) < 4.78 is 5.01. The van der Waals surface area contributed by atoms with Crippen molar-refractivity contribution in [2.75, 3.05) is 7.11 Å². The van der Waals surface area contributed by atoms with Crippen molar-refractivity contribution in [2.24, 2.45) is 5.84 Å². The smallest absolute Gasteiger partial charge is 0.281 e. The van der Waals surface area contributed by atoms with Gasteiger partial charge in [0.25, 0.3) is 11.8 Å². The maximum atomic E-state index is 12.3. The number of methoxy groups -OCH3 is 1. The van der Waals surface area contributed by atoms with E-state index in [2.05, 4.69) is 5.32 Å². The summed E-state index contributed by atoms with van der Waals surface area (Å²) in [6.07, 6.45) is 1.40. The van der Waals surface area contributed by atoms with E-state index in [0.717, 1.165) is 0 Å². The number of hydrogen-bond donors (Lipinski definition) is 4. The summed E-state index contributed by atoms with van der Waals surface area (Å²) in [7, 11) is 1.40. The molecule has 0 aliphatic carbocycles. The van der Waals surface area contributed by atoms with E-state index in [0.29, 0.717) is 16.1 Å². The van der Waals surface area contributed by atoms with Gasteiger partial charge in [-0.1, -0.05) is 17.7 Å². The molecule has 130 valence electrons. The van der Waals surface area contributed by atoms with Crippen LogP contribution in [0.4, 0.5) is 0 Å². The summed E-state index contributed by atoms with van der Waals surface area (Å²) in [6.45, 7) is 0. The van der Waals surface area contributed by atoms with Crippen LogP contribution in [0.5, 0.6) is 11.5 Å². The normalized spacial score (nSPS) is 10.9. The van der Waals surface area contributed by atoms with Crippen molar-refractivity contribution >= 4 is 29.5 Å². The van der Waals surface area contributed by atoms with Crippen LogP contribution in [0.3, 0.4) is 0 Å².